The Hall–Kier alpha value is -2.35. The van der Waals surface area contributed by atoms with Crippen molar-refractivity contribution in [2.24, 2.45) is 5.92 Å². The van der Waals surface area contributed by atoms with Crippen molar-refractivity contribution in [2.75, 3.05) is 0 Å². The van der Waals surface area contributed by atoms with Gasteiger partial charge in [-0.2, -0.15) is 0 Å². The van der Waals surface area contributed by atoms with Crippen molar-refractivity contribution in [1.82, 2.24) is 20.2 Å². The Kier molecular flexibility index (Phi) is 7.46. The molecule has 2 N–H and O–H groups in total. The minimum absolute atomic E-state index is 0.114. The second kappa shape index (κ2) is 9.43. The summed E-state index contributed by atoms with van der Waals surface area (Å²) in [6, 6.07) is 6.65. The average molecular weight is 419 g/mol. The van der Waals surface area contributed by atoms with Crippen molar-refractivity contribution in [3.8, 4) is 0 Å². The van der Waals surface area contributed by atoms with Gasteiger partial charge in [-0.1, -0.05) is 37.7 Å². The van der Waals surface area contributed by atoms with Crippen LogP contribution in [0.4, 0.5) is 4.79 Å². The van der Waals surface area contributed by atoms with E-state index >= 15 is 0 Å². The van der Waals surface area contributed by atoms with E-state index in [0.29, 0.717) is 28.5 Å². The number of amides is 3. The highest BCUT2D eigenvalue weighted by Gasteiger charge is 2.22. The minimum atomic E-state index is -0.598. The van der Waals surface area contributed by atoms with Crippen LogP contribution >= 0.6 is 11.8 Å². The van der Waals surface area contributed by atoms with Crippen LogP contribution in [0.25, 0.3) is 10.9 Å². The van der Waals surface area contributed by atoms with Crippen LogP contribution in [0.15, 0.2) is 34.2 Å². The number of hydrogen-bond acceptors (Lipinski definition) is 5. The molecule has 1 heterocycles. The van der Waals surface area contributed by atoms with Gasteiger partial charge in [-0.15, -0.1) is 0 Å². The highest BCUT2D eigenvalue weighted by molar-refractivity contribution is 8.00. The highest BCUT2D eigenvalue weighted by Crippen LogP contribution is 2.23. The Labute approximate surface area is 175 Å². The highest BCUT2D eigenvalue weighted by atomic mass is 32.2. The zero-order chi connectivity index (χ0) is 21.8. The summed E-state index contributed by atoms with van der Waals surface area (Å²) in [5, 5.41) is 5.49. The molecule has 0 radical (unpaired) electrons. The fraction of sp³-hybridized carbons (Fsp3) is 0.524. The third kappa shape index (κ3) is 6.59. The van der Waals surface area contributed by atoms with Crippen molar-refractivity contribution in [3.05, 3.63) is 34.6 Å². The van der Waals surface area contributed by atoms with E-state index in [-0.39, 0.29) is 5.56 Å². The number of para-hydroxylation sites is 1. The number of carbonyl (C=O) groups excluding carboxylic acids is 2. The number of imide groups is 1. The van der Waals surface area contributed by atoms with Gasteiger partial charge in [-0.3, -0.25) is 19.5 Å². The lowest BCUT2D eigenvalue weighted by Crippen LogP contribution is -2.49. The number of fused-ring (bicyclic) bond motifs is 1. The van der Waals surface area contributed by atoms with Gasteiger partial charge in [0, 0.05) is 12.1 Å². The van der Waals surface area contributed by atoms with E-state index in [9.17, 15) is 14.4 Å². The van der Waals surface area contributed by atoms with E-state index in [1.807, 2.05) is 32.9 Å². The number of hydrogen-bond donors (Lipinski definition) is 2. The van der Waals surface area contributed by atoms with Crippen LogP contribution in [-0.2, 0) is 11.3 Å². The molecule has 0 fully saturated rings. The summed E-state index contributed by atoms with van der Waals surface area (Å²) in [4.78, 5) is 42.1. The molecule has 0 aliphatic rings. The molecule has 1 aromatic carbocycles. The van der Waals surface area contributed by atoms with Crippen molar-refractivity contribution in [1.29, 1.82) is 0 Å². The van der Waals surface area contributed by atoms with Crippen LogP contribution in [0, 0.1) is 5.92 Å². The van der Waals surface area contributed by atoms with Gasteiger partial charge in [0.05, 0.1) is 16.2 Å². The van der Waals surface area contributed by atoms with Gasteiger partial charge in [0.1, 0.15) is 0 Å². The molecule has 3 amide bonds. The first-order valence-electron chi connectivity index (χ1n) is 9.77. The Morgan fingerprint density at radius 1 is 1.17 bits per heavy atom. The molecule has 7 nitrogen and oxygen atoms in total. The number of carbonyl (C=O) groups is 2. The van der Waals surface area contributed by atoms with Crippen molar-refractivity contribution in [2.45, 2.75) is 70.5 Å². The maximum Gasteiger partial charge on any atom is 0.321 e. The molecule has 8 heteroatoms. The lowest BCUT2D eigenvalue weighted by atomic mass is 10.1. The molecule has 2 aromatic rings. The van der Waals surface area contributed by atoms with Gasteiger partial charge in [0.2, 0.25) is 5.91 Å². The predicted molar refractivity (Wildman–Crippen MR) is 117 cm³/mol. The summed E-state index contributed by atoms with van der Waals surface area (Å²) in [5.74, 6) is -0.0115. The molecule has 29 heavy (non-hydrogen) atoms. The molecule has 1 atom stereocenters. The first-order valence-corrected chi connectivity index (χ1v) is 10.6. The van der Waals surface area contributed by atoms with Crippen molar-refractivity contribution >= 4 is 34.6 Å². The van der Waals surface area contributed by atoms with Crippen LogP contribution in [0.1, 0.15) is 48.0 Å². The largest absolute Gasteiger partial charge is 0.333 e. The van der Waals surface area contributed by atoms with Gasteiger partial charge in [0.15, 0.2) is 5.16 Å². The third-order valence-corrected chi connectivity index (χ3v) is 5.22. The van der Waals surface area contributed by atoms with Crippen LogP contribution in [0.3, 0.4) is 0 Å². The molecule has 0 bridgehead atoms. The molecular weight excluding hydrogens is 388 g/mol. The fourth-order valence-corrected chi connectivity index (χ4v) is 3.55. The molecule has 158 valence electrons. The van der Waals surface area contributed by atoms with Gasteiger partial charge in [0.25, 0.3) is 5.56 Å². The molecule has 1 aromatic heterocycles. The predicted octanol–water partition coefficient (Wildman–Crippen LogP) is 3.55. The Morgan fingerprint density at radius 2 is 1.83 bits per heavy atom. The van der Waals surface area contributed by atoms with Crippen LogP contribution in [0.2, 0.25) is 0 Å². The Morgan fingerprint density at radius 3 is 2.45 bits per heavy atom. The van der Waals surface area contributed by atoms with E-state index in [1.165, 1.54) is 11.8 Å². The monoisotopic (exact) mass is 418 g/mol. The third-order valence-electron chi connectivity index (χ3n) is 4.13. The van der Waals surface area contributed by atoms with Gasteiger partial charge in [-0.05, 0) is 52.2 Å². The fourth-order valence-electron chi connectivity index (χ4n) is 2.62. The normalized spacial score (nSPS) is 12.8. The summed E-state index contributed by atoms with van der Waals surface area (Å²) in [5.41, 5.74) is 0.0357. The molecule has 0 aliphatic heterocycles. The van der Waals surface area contributed by atoms with E-state index in [0.717, 1.165) is 6.42 Å². The second-order valence-corrected chi connectivity index (χ2v) is 9.81. The maximum atomic E-state index is 13.0. The zero-order valence-electron chi connectivity index (χ0n) is 17.9. The summed E-state index contributed by atoms with van der Waals surface area (Å²) in [6.07, 6.45) is 0.821. The minimum Gasteiger partial charge on any atom is -0.333 e. The quantitative estimate of drug-likeness (QED) is 0.553. The lowest BCUT2D eigenvalue weighted by Gasteiger charge is -2.21. The second-order valence-electron chi connectivity index (χ2n) is 8.50. The van der Waals surface area contributed by atoms with Gasteiger partial charge >= 0.3 is 6.03 Å². The van der Waals surface area contributed by atoms with E-state index in [2.05, 4.69) is 29.5 Å². The summed E-state index contributed by atoms with van der Waals surface area (Å²) < 4.78 is 1.63. The first kappa shape index (κ1) is 22.9. The Bertz CT molecular complexity index is 947. The molecule has 0 saturated heterocycles. The molecule has 0 spiro atoms. The van der Waals surface area contributed by atoms with E-state index in [4.69, 9.17) is 0 Å². The van der Waals surface area contributed by atoms with Crippen molar-refractivity contribution < 1.29 is 9.59 Å². The van der Waals surface area contributed by atoms with E-state index < -0.39 is 22.7 Å². The first-order chi connectivity index (χ1) is 13.5. The lowest BCUT2D eigenvalue weighted by molar-refractivity contribution is -0.119. The Balaban J connectivity index is 2.26. The average Bonchev–Trinajstić information content (AvgIpc) is 2.59. The zero-order valence-corrected chi connectivity index (χ0v) is 18.7. The topological polar surface area (TPSA) is 93.1 Å². The molecule has 0 aliphatic carbocycles. The smallest absolute Gasteiger partial charge is 0.321 e. The van der Waals surface area contributed by atoms with Crippen molar-refractivity contribution in [3.63, 3.8) is 0 Å². The van der Waals surface area contributed by atoms with Gasteiger partial charge < -0.3 is 5.32 Å². The van der Waals surface area contributed by atoms with E-state index in [1.54, 1.807) is 23.6 Å². The number of benzene rings is 1. The molecule has 0 saturated carbocycles. The van der Waals surface area contributed by atoms with Gasteiger partial charge in [-0.25, -0.2) is 9.78 Å². The van der Waals surface area contributed by atoms with Crippen LogP contribution in [-0.4, -0.2) is 32.3 Å². The summed E-state index contributed by atoms with van der Waals surface area (Å²) >= 11 is 1.18. The number of thioether (sulfide) groups is 1. The number of rotatable bonds is 6. The SMILES string of the molecule is CC(C)CCn1c(S[C@H](C)C(=O)NC(=O)NC(C)(C)C)nc2ccccc2c1=O. The standard InChI is InChI=1S/C21H30N4O3S/c1-13(2)11-12-25-18(27)15-9-7-8-10-16(15)22-20(25)29-14(3)17(26)23-19(28)24-21(4,5)6/h7-10,13-14H,11-12H2,1-6H3,(H2,23,24,26,28)/t14-/m1/s1. The molecular formula is C21H30N4O3S. The van der Waals surface area contributed by atoms with Crippen LogP contribution < -0.4 is 16.2 Å². The summed E-state index contributed by atoms with van der Waals surface area (Å²) in [7, 11) is 0. The number of aromatic nitrogens is 2. The molecule has 0 unspecified atom stereocenters. The molecule has 2 rings (SSSR count). The number of nitrogens with zero attached hydrogens (tertiary/aromatic N) is 2. The number of nitrogens with one attached hydrogen (secondary N) is 2. The summed E-state index contributed by atoms with van der Waals surface area (Å²) in [6.45, 7) is 11.9. The van der Waals surface area contributed by atoms with Crippen LogP contribution in [0.5, 0.6) is 0 Å². The number of urea groups is 1. The maximum absolute atomic E-state index is 13.0.